The van der Waals surface area contributed by atoms with Crippen molar-refractivity contribution in [2.24, 2.45) is 0 Å². The number of rotatable bonds is 2. The molecule has 0 amide bonds. The van der Waals surface area contributed by atoms with E-state index in [4.69, 9.17) is 11.6 Å². The Morgan fingerprint density at radius 1 is 1.19 bits per heavy atom. The van der Waals surface area contributed by atoms with Gasteiger partial charge in [-0.05, 0) is 18.2 Å². The minimum Gasteiger partial charge on any atom is -0.259 e. The lowest BCUT2D eigenvalue weighted by Gasteiger charge is -2.02. The SMILES string of the molecule is Fc1ccc(F)c(Sc2cncc(Cl)n2)c1. The summed E-state index contributed by atoms with van der Waals surface area (Å²) in [6, 6.07) is 3.22. The van der Waals surface area contributed by atoms with Crippen molar-refractivity contribution >= 4 is 23.4 Å². The van der Waals surface area contributed by atoms with E-state index in [2.05, 4.69) is 9.97 Å². The topological polar surface area (TPSA) is 25.8 Å². The first-order valence-electron chi connectivity index (χ1n) is 4.25. The van der Waals surface area contributed by atoms with Crippen LogP contribution in [0.4, 0.5) is 8.78 Å². The molecule has 0 fully saturated rings. The van der Waals surface area contributed by atoms with E-state index in [1.54, 1.807) is 0 Å². The van der Waals surface area contributed by atoms with Crippen LogP contribution in [0.15, 0.2) is 40.5 Å². The van der Waals surface area contributed by atoms with E-state index in [1.807, 2.05) is 0 Å². The zero-order valence-electron chi connectivity index (χ0n) is 7.82. The highest BCUT2D eigenvalue weighted by Crippen LogP contribution is 2.28. The maximum absolute atomic E-state index is 13.3. The van der Waals surface area contributed by atoms with Crippen molar-refractivity contribution in [3.8, 4) is 0 Å². The summed E-state index contributed by atoms with van der Waals surface area (Å²) in [5.74, 6) is -1.01. The summed E-state index contributed by atoms with van der Waals surface area (Å²) >= 11 is 6.60. The van der Waals surface area contributed by atoms with Gasteiger partial charge in [-0.3, -0.25) is 4.98 Å². The third-order valence-corrected chi connectivity index (χ3v) is 2.81. The molecule has 0 aliphatic carbocycles. The van der Waals surface area contributed by atoms with Crippen LogP contribution in [0.2, 0.25) is 5.15 Å². The highest BCUT2D eigenvalue weighted by molar-refractivity contribution is 7.99. The van der Waals surface area contributed by atoms with Gasteiger partial charge in [0.25, 0.3) is 0 Å². The van der Waals surface area contributed by atoms with E-state index in [9.17, 15) is 8.78 Å². The van der Waals surface area contributed by atoms with Crippen LogP contribution in [0, 0.1) is 11.6 Å². The lowest BCUT2D eigenvalue weighted by molar-refractivity contribution is 0.577. The molecule has 0 saturated carbocycles. The van der Waals surface area contributed by atoms with Crippen molar-refractivity contribution in [2.75, 3.05) is 0 Å². The van der Waals surface area contributed by atoms with E-state index in [0.717, 1.165) is 30.0 Å². The summed E-state index contributed by atoms with van der Waals surface area (Å²) in [4.78, 5) is 7.87. The second-order valence-electron chi connectivity index (χ2n) is 2.86. The summed E-state index contributed by atoms with van der Waals surface area (Å²) in [6.45, 7) is 0. The highest BCUT2D eigenvalue weighted by atomic mass is 35.5. The van der Waals surface area contributed by atoms with Crippen molar-refractivity contribution in [3.63, 3.8) is 0 Å². The number of hydrogen-bond donors (Lipinski definition) is 0. The fourth-order valence-electron chi connectivity index (χ4n) is 1.04. The van der Waals surface area contributed by atoms with Gasteiger partial charge in [-0.15, -0.1) is 0 Å². The van der Waals surface area contributed by atoms with Crippen LogP contribution < -0.4 is 0 Å². The zero-order valence-corrected chi connectivity index (χ0v) is 9.40. The van der Waals surface area contributed by atoms with E-state index in [1.165, 1.54) is 12.4 Å². The predicted molar refractivity (Wildman–Crippen MR) is 57.5 cm³/mol. The first kappa shape index (κ1) is 11.3. The van der Waals surface area contributed by atoms with Crippen molar-refractivity contribution in [3.05, 3.63) is 47.4 Å². The summed E-state index contributed by atoms with van der Waals surface area (Å²) in [6.07, 6.45) is 2.80. The molecule has 2 rings (SSSR count). The molecule has 0 radical (unpaired) electrons. The molecular formula is C10H5ClF2N2S. The number of halogens is 3. The molecular weight excluding hydrogens is 254 g/mol. The van der Waals surface area contributed by atoms with Crippen LogP contribution in [0.25, 0.3) is 0 Å². The third-order valence-electron chi connectivity index (χ3n) is 1.69. The normalized spacial score (nSPS) is 10.4. The highest BCUT2D eigenvalue weighted by Gasteiger charge is 2.07. The smallest absolute Gasteiger partial charge is 0.148 e. The van der Waals surface area contributed by atoms with Gasteiger partial charge < -0.3 is 0 Å². The molecule has 1 heterocycles. The molecule has 6 heteroatoms. The average Bonchev–Trinajstić information content (AvgIpc) is 2.24. The van der Waals surface area contributed by atoms with Crippen molar-refractivity contribution in [2.45, 2.75) is 9.92 Å². The fourth-order valence-corrected chi connectivity index (χ4v) is 2.06. The van der Waals surface area contributed by atoms with E-state index in [-0.39, 0.29) is 10.0 Å². The molecule has 0 unspecified atom stereocenters. The van der Waals surface area contributed by atoms with Gasteiger partial charge in [0.2, 0.25) is 0 Å². The Hall–Kier alpha value is -1.20. The zero-order chi connectivity index (χ0) is 11.5. The molecule has 0 aliphatic heterocycles. The molecule has 1 aromatic carbocycles. The fraction of sp³-hybridized carbons (Fsp3) is 0. The summed E-state index contributed by atoms with van der Waals surface area (Å²) in [5, 5.41) is 0.624. The summed E-state index contributed by atoms with van der Waals surface area (Å²) < 4.78 is 26.2. The van der Waals surface area contributed by atoms with Gasteiger partial charge in [-0.2, -0.15) is 0 Å². The van der Waals surface area contributed by atoms with Crippen LogP contribution in [-0.2, 0) is 0 Å². The molecule has 0 atom stereocenters. The standard InChI is InChI=1S/C10H5ClF2N2S/c11-9-4-14-5-10(15-9)16-8-3-6(12)1-2-7(8)13/h1-5H. The molecule has 82 valence electrons. The van der Waals surface area contributed by atoms with Crippen molar-refractivity contribution in [1.82, 2.24) is 9.97 Å². The van der Waals surface area contributed by atoms with Crippen molar-refractivity contribution in [1.29, 1.82) is 0 Å². The van der Waals surface area contributed by atoms with Gasteiger partial charge in [-0.1, -0.05) is 23.4 Å². The van der Waals surface area contributed by atoms with Crippen LogP contribution >= 0.6 is 23.4 Å². The van der Waals surface area contributed by atoms with Gasteiger partial charge in [0.1, 0.15) is 21.8 Å². The van der Waals surface area contributed by atoms with Gasteiger partial charge in [-0.25, -0.2) is 13.8 Å². The molecule has 0 aliphatic rings. The minimum absolute atomic E-state index is 0.150. The monoisotopic (exact) mass is 258 g/mol. The van der Waals surface area contributed by atoms with E-state index in [0.29, 0.717) is 5.03 Å². The molecule has 0 bridgehead atoms. The average molecular weight is 259 g/mol. The van der Waals surface area contributed by atoms with Gasteiger partial charge >= 0.3 is 0 Å². The maximum atomic E-state index is 13.3. The molecule has 0 N–H and O–H groups in total. The third kappa shape index (κ3) is 2.68. The van der Waals surface area contributed by atoms with Gasteiger partial charge in [0.15, 0.2) is 0 Å². The quantitative estimate of drug-likeness (QED) is 0.824. The maximum Gasteiger partial charge on any atom is 0.148 e. The largest absolute Gasteiger partial charge is 0.259 e. The Labute approximate surface area is 99.7 Å². The number of aromatic nitrogens is 2. The van der Waals surface area contributed by atoms with Crippen molar-refractivity contribution < 1.29 is 8.78 Å². The first-order valence-corrected chi connectivity index (χ1v) is 5.45. The van der Waals surface area contributed by atoms with E-state index < -0.39 is 11.6 Å². The number of hydrogen-bond acceptors (Lipinski definition) is 3. The van der Waals surface area contributed by atoms with Crippen LogP contribution in [0.1, 0.15) is 0 Å². The molecule has 16 heavy (non-hydrogen) atoms. The Morgan fingerprint density at radius 2 is 2.00 bits per heavy atom. The van der Waals surface area contributed by atoms with Crippen LogP contribution in [0.3, 0.4) is 0 Å². The Kier molecular flexibility index (Phi) is 3.36. The number of benzene rings is 1. The van der Waals surface area contributed by atoms with E-state index >= 15 is 0 Å². The lowest BCUT2D eigenvalue weighted by atomic mass is 10.3. The molecule has 1 aromatic heterocycles. The molecule has 2 aromatic rings. The minimum atomic E-state index is -0.506. The second-order valence-corrected chi connectivity index (χ2v) is 4.31. The summed E-state index contributed by atoms with van der Waals surface area (Å²) in [7, 11) is 0. The Balaban J connectivity index is 2.30. The molecule has 0 spiro atoms. The first-order chi connectivity index (χ1) is 7.65. The number of nitrogens with zero attached hydrogens (tertiary/aromatic N) is 2. The Bertz CT molecular complexity index is 522. The lowest BCUT2D eigenvalue weighted by Crippen LogP contribution is -1.87. The Morgan fingerprint density at radius 3 is 2.75 bits per heavy atom. The van der Waals surface area contributed by atoms with Crippen LogP contribution in [0.5, 0.6) is 0 Å². The predicted octanol–water partition coefficient (Wildman–Crippen LogP) is 3.56. The molecule has 2 nitrogen and oxygen atoms in total. The second kappa shape index (κ2) is 4.76. The van der Waals surface area contributed by atoms with Crippen LogP contribution in [-0.4, -0.2) is 9.97 Å². The molecule has 0 saturated heterocycles. The summed E-state index contributed by atoms with van der Waals surface area (Å²) in [5.41, 5.74) is 0. The van der Waals surface area contributed by atoms with Gasteiger partial charge in [0, 0.05) is 0 Å². The van der Waals surface area contributed by atoms with Gasteiger partial charge in [0.05, 0.1) is 17.3 Å².